The Morgan fingerprint density at radius 1 is 0.962 bits per heavy atom. The average Bonchev–Trinajstić information content (AvgIpc) is 2.70. The Morgan fingerprint density at radius 3 is 2.31 bits per heavy atom. The van der Waals surface area contributed by atoms with Gasteiger partial charge in [-0.05, 0) is 35.9 Å². The van der Waals surface area contributed by atoms with Crippen LogP contribution in [0.1, 0.15) is 15.9 Å². The SMILES string of the molecule is COC(=O)c1ccccc1N(C)C(=O)/C=C/c1ccc(OC)c(OC)c1. The molecule has 0 atom stereocenters. The lowest BCUT2D eigenvalue weighted by molar-refractivity contribution is -0.113. The van der Waals surface area contributed by atoms with Crippen LogP contribution in [-0.2, 0) is 9.53 Å². The molecule has 2 aromatic carbocycles. The Morgan fingerprint density at radius 2 is 1.65 bits per heavy atom. The van der Waals surface area contributed by atoms with E-state index in [0.29, 0.717) is 22.7 Å². The molecule has 0 unspecified atom stereocenters. The molecule has 0 heterocycles. The van der Waals surface area contributed by atoms with Gasteiger partial charge in [0.25, 0.3) is 5.91 Å². The van der Waals surface area contributed by atoms with Crippen molar-refractivity contribution >= 4 is 23.6 Å². The quantitative estimate of drug-likeness (QED) is 0.588. The molecule has 6 nitrogen and oxygen atoms in total. The highest BCUT2D eigenvalue weighted by Crippen LogP contribution is 2.28. The minimum atomic E-state index is -0.496. The molecule has 0 spiro atoms. The fraction of sp³-hybridized carbons (Fsp3) is 0.200. The van der Waals surface area contributed by atoms with Crippen molar-refractivity contribution in [3.05, 3.63) is 59.7 Å². The summed E-state index contributed by atoms with van der Waals surface area (Å²) in [5.74, 6) is 0.409. The third kappa shape index (κ3) is 4.22. The Labute approximate surface area is 152 Å². The number of likely N-dealkylation sites (N-methyl/N-ethyl adjacent to an activating group) is 1. The predicted octanol–water partition coefficient (Wildman–Crippen LogP) is 3.17. The number of carbonyl (C=O) groups is 2. The summed E-state index contributed by atoms with van der Waals surface area (Å²) in [4.78, 5) is 25.7. The van der Waals surface area contributed by atoms with E-state index in [1.807, 2.05) is 6.07 Å². The van der Waals surface area contributed by atoms with Gasteiger partial charge in [-0.1, -0.05) is 18.2 Å². The molecule has 1 amide bonds. The van der Waals surface area contributed by atoms with Crippen LogP contribution in [-0.4, -0.2) is 40.3 Å². The molecular formula is C20H21NO5. The van der Waals surface area contributed by atoms with E-state index in [-0.39, 0.29) is 5.91 Å². The first kappa shape index (κ1) is 19.1. The maximum atomic E-state index is 12.5. The van der Waals surface area contributed by atoms with Crippen molar-refractivity contribution in [2.45, 2.75) is 0 Å². The summed E-state index contributed by atoms with van der Waals surface area (Å²) in [5, 5.41) is 0. The number of hydrogen-bond donors (Lipinski definition) is 0. The molecule has 0 bridgehead atoms. The van der Waals surface area contributed by atoms with Crippen LogP contribution in [0.4, 0.5) is 5.69 Å². The number of ether oxygens (including phenoxy) is 3. The topological polar surface area (TPSA) is 65.1 Å². The molecule has 0 fully saturated rings. The number of carbonyl (C=O) groups excluding carboxylic acids is 2. The zero-order valence-corrected chi connectivity index (χ0v) is 15.2. The van der Waals surface area contributed by atoms with Gasteiger partial charge >= 0.3 is 5.97 Å². The van der Waals surface area contributed by atoms with Gasteiger partial charge in [0.05, 0.1) is 32.6 Å². The Balaban J connectivity index is 2.22. The van der Waals surface area contributed by atoms with E-state index >= 15 is 0 Å². The van der Waals surface area contributed by atoms with Crippen LogP contribution in [0.3, 0.4) is 0 Å². The van der Waals surface area contributed by atoms with E-state index in [2.05, 4.69) is 0 Å². The first-order chi connectivity index (χ1) is 12.5. The monoisotopic (exact) mass is 355 g/mol. The number of esters is 1. The number of nitrogens with zero attached hydrogens (tertiary/aromatic N) is 1. The van der Waals surface area contributed by atoms with E-state index in [9.17, 15) is 9.59 Å². The van der Waals surface area contributed by atoms with Gasteiger partial charge in [0, 0.05) is 13.1 Å². The third-order valence-corrected chi connectivity index (χ3v) is 3.83. The molecule has 0 aliphatic carbocycles. The number of rotatable bonds is 6. The number of methoxy groups -OCH3 is 3. The molecule has 136 valence electrons. The second-order valence-electron chi connectivity index (χ2n) is 5.35. The van der Waals surface area contributed by atoms with Crippen LogP contribution in [0.25, 0.3) is 6.08 Å². The van der Waals surface area contributed by atoms with Crippen molar-refractivity contribution in [1.29, 1.82) is 0 Å². The molecule has 2 rings (SSSR count). The van der Waals surface area contributed by atoms with E-state index < -0.39 is 5.97 Å². The Kier molecular flexibility index (Phi) is 6.38. The Bertz CT molecular complexity index is 829. The summed E-state index contributed by atoms with van der Waals surface area (Å²) >= 11 is 0. The van der Waals surface area contributed by atoms with Crippen molar-refractivity contribution in [3.63, 3.8) is 0 Å². The lowest BCUT2D eigenvalue weighted by Gasteiger charge is -2.18. The average molecular weight is 355 g/mol. The number of anilines is 1. The van der Waals surface area contributed by atoms with Gasteiger partial charge in [0.2, 0.25) is 0 Å². The molecule has 6 heteroatoms. The van der Waals surface area contributed by atoms with Gasteiger partial charge in [-0.3, -0.25) is 4.79 Å². The van der Waals surface area contributed by atoms with Gasteiger partial charge in [-0.15, -0.1) is 0 Å². The minimum absolute atomic E-state index is 0.281. The second kappa shape index (κ2) is 8.71. The van der Waals surface area contributed by atoms with E-state index in [1.54, 1.807) is 63.7 Å². The largest absolute Gasteiger partial charge is 0.493 e. The van der Waals surface area contributed by atoms with Crippen LogP contribution >= 0.6 is 0 Å². The maximum Gasteiger partial charge on any atom is 0.339 e. The highest BCUT2D eigenvalue weighted by molar-refractivity contribution is 6.07. The van der Waals surface area contributed by atoms with Gasteiger partial charge in [-0.2, -0.15) is 0 Å². The van der Waals surface area contributed by atoms with Crippen LogP contribution in [0.15, 0.2) is 48.5 Å². The van der Waals surface area contributed by atoms with E-state index in [0.717, 1.165) is 5.56 Å². The van der Waals surface area contributed by atoms with Gasteiger partial charge in [0.15, 0.2) is 11.5 Å². The molecule has 26 heavy (non-hydrogen) atoms. The first-order valence-electron chi connectivity index (χ1n) is 7.87. The zero-order valence-electron chi connectivity index (χ0n) is 15.2. The third-order valence-electron chi connectivity index (χ3n) is 3.83. The molecule has 2 aromatic rings. The van der Waals surface area contributed by atoms with Crippen molar-refractivity contribution in [2.24, 2.45) is 0 Å². The predicted molar refractivity (Wildman–Crippen MR) is 99.8 cm³/mol. The fourth-order valence-electron chi connectivity index (χ4n) is 2.40. The zero-order chi connectivity index (χ0) is 19.1. The lowest BCUT2D eigenvalue weighted by Crippen LogP contribution is -2.26. The summed E-state index contributed by atoms with van der Waals surface area (Å²) in [7, 11) is 6.01. The van der Waals surface area contributed by atoms with Gasteiger partial charge in [-0.25, -0.2) is 4.79 Å². The summed E-state index contributed by atoms with van der Waals surface area (Å²) < 4.78 is 15.2. The van der Waals surface area contributed by atoms with Crippen molar-refractivity contribution in [2.75, 3.05) is 33.3 Å². The van der Waals surface area contributed by atoms with Gasteiger partial charge < -0.3 is 19.1 Å². The minimum Gasteiger partial charge on any atom is -0.493 e. The molecule has 0 aromatic heterocycles. The fourth-order valence-corrected chi connectivity index (χ4v) is 2.40. The molecule has 0 aliphatic rings. The molecule has 0 saturated carbocycles. The molecular weight excluding hydrogens is 334 g/mol. The van der Waals surface area contributed by atoms with Crippen LogP contribution < -0.4 is 14.4 Å². The molecule has 0 aliphatic heterocycles. The first-order valence-corrected chi connectivity index (χ1v) is 7.87. The summed E-state index contributed by atoms with van der Waals surface area (Å²) in [5.41, 5.74) is 1.58. The number of amides is 1. The summed E-state index contributed by atoms with van der Waals surface area (Å²) in [6.07, 6.45) is 3.09. The lowest BCUT2D eigenvalue weighted by atomic mass is 10.1. The normalized spacial score (nSPS) is 10.5. The van der Waals surface area contributed by atoms with Crippen LogP contribution in [0, 0.1) is 0 Å². The van der Waals surface area contributed by atoms with Crippen LogP contribution in [0.2, 0.25) is 0 Å². The summed E-state index contributed by atoms with van der Waals surface area (Å²) in [6.45, 7) is 0. The van der Waals surface area contributed by atoms with Crippen LogP contribution in [0.5, 0.6) is 11.5 Å². The highest BCUT2D eigenvalue weighted by atomic mass is 16.5. The van der Waals surface area contributed by atoms with Gasteiger partial charge in [0.1, 0.15) is 0 Å². The summed E-state index contributed by atoms with van der Waals surface area (Å²) in [6, 6.07) is 12.1. The number of benzene rings is 2. The van der Waals surface area contributed by atoms with E-state index in [4.69, 9.17) is 14.2 Å². The van der Waals surface area contributed by atoms with E-state index in [1.165, 1.54) is 18.1 Å². The van der Waals surface area contributed by atoms with Crippen molar-refractivity contribution in [1.82, 2.24) is 0 Å². The second-order valence-corrected chi connectivity index (χ2v) is 5.35. The Hall–Kier alpha value is -3.28. The number of para-hydroxylation sites is 1. The molecule has 0 radical (unpaired) electrons. The smallest absolute Gasteiger partial charge is 0.339 e. The maximum absolute atomic E-state index is 12.5. The molecule has 0 saturated heterocycles. The standard InChI is InChI=1S/C20H21NO5/c1-21(16-8-6-5-7-15(16)20(23)26-4)19(22)12-10-14-9-11-17(24-2)18(13-14)25-3/h5-13H,1-4H3/b12-10+. The number of hydrogen-bond acceptors (Lipinski definition) is 5. The molecule has 0 N–H and O–H groups in total. The van der Waals surface area contributed by atoms with Crippen molar-refractivity contribution < 1.29 is 23.8 Å². The highest BCUT2D eigenvalue weighted by Gasteiger charge is 2.17. The van der Waals surface area contributed by atoms with Crippen molar-refractivity contribution in [3.8, 4) is 11.5 Å².